The monoisotopic (exact) mass is 288 g/mol. The lowest BCUT2D eigenvalue weighted by Gasteiger charge is -2.12. The summed E-state index contributed by atoms with van der Waals surface area (Å²) >= 11 is 0. The van der Waals surface area contributed by atoms with Crippen molar-refractivity contribution in [1.82, 2.24) is 5.32 Å². The van der Waals surface area contributed by atoms with Gasteiger partial charge in [-0.05, 0) is 30.2 Å². The second-order valence-corrected chi connectivity index (χ2v) is 4.36. The fourth-order valence-electron chi connectivity index (χ4n) is 1.85. The molecule has 4 nitrogen and oxygen atoms in total. The third-order valence-electron chi connectivity index (χ3n) is 2.94. The first kappa shape index (κ1) is 14.8. The van der Waals surface area contributed by atoms with Crippen LogP contribution in [0.15, 0.2) is 48.5 Å². The third-order valence-corrected chi connectivity index (χ3v) is 2.94. The summed E-state index contributed by atoms with van der Waals surface area (Å²) in [5.74, 6) is 0.246. The van der Waals surface area contributed by atoms with Crippen LogP contribution < -0.4 is 15.4 Å². The molecule has 2 rings (SSSR count). The van der Waals surface area contributed by atoms with Gasteiger partial charge in [0.05, 0.1) is 5.69 Å². The number of urea groups is 1. The minimum absolute atomic E-state index is 0.0112. The molecule has 0 spiro atoms. The summed E-state index contributed by atoms with van der Waals surface area (Å²) in [7, 11) is 0. The van der Waals surface area contributed by atoms with Gasteiger partial charge in [-0.2, -0.15) is 0 Å². The average Bonchev–Trinajstić information content (AvgIpc) is 2.50. The Morgan fingerprint density at radius 3 is 2.62 bits per heavy atom. The van der Waals surface area contributed by atoms with Crippen LogP contribution in [0.2, 0.25) is 0 Å². The van der Waals surface area contributed by atoms with Crippen LogP contribution in [0.4, 0.5) is 14.9 Å². The smallest absolute Gasteiger partial charge is 0.321 e. The van der Waals surface area contributed by atoms with Gasteiger partial charge in [-0.15, -0.1) is 0 Å². The maximum absolute atomic E-state index is 13.4. The van der Waals surface area contributed by atoms with Gasteiger partial charge in [0.25, 0.3) is 0 Å². The van der Waals surface area contributed by atoms with E-state index in [-0.39, 0.29) is 12.4 Å². The van der Waals surface area contributed by atoms with Crippen LogP contribution in [0.5, 0.6) is 5.75 Å². The van der Waals surface area contributed by atoms with Crippen molar-refractivity contribution in [3.05, 3.63) is 59.9 Å². The Morgan fingerprint density at radius 1 is 1.14 bits per heavy atom. The van der Waals surface area contributed by atoms with Crippen molar-refractivity contribution in [2.24, 2.45) is 0 Å². The SMILES string of the molecule is CCc1ccccc1OCNC(=O)Nc1ccccc1F. The molecule has 0 bridgehead atoms. The number of carbonyl (C=O) groups excluding carboxylic acids is 1. The maximum atomic E-state index is 13.4. The fourth-order valence-corrected chi connectivity index (χ4v) is 1.85. The van der Waals surface area contributed by atoms with Gasteiger partial charge in [0, 0.05) is 0 Å². The van der Waals surface area contributed by atoms with E-state index >= 15 is 0 Å². The molecule has 0 fully saturated rings. The highest BCUT2D eigenvalue weighted by molar-refractivity contribution is 5.89. The van der Waals surface area contributed by atoms with Crippen molar-refractivity contribution in [1.29, 1.82) is 0 Å². The number of benzene rings is 2. The van der Waals surface area contributed by atoms with Crippen LogP contribution in [-0.2, 0) is 6.42 Å². The van der Waals surface area contributed by atoms with Gasteiger partial charge in [-0.25, -0.2) is 9.18 Å². The zero-order valence-electron chi connectivity index (χ0n) is 11.7. The molecule has 0 aliphatic heterocycles. The number of aryl methyl sites for hydroxylation is 1. The number of halogens is 1. The van der Waals surface area contributed by atoms with Crippen molar-refractivity contribution in [2.75, 3.05) is 12.0 Å². The molecule has 0 aliphatic carbocycles. The van der Waals surface area contributed by atoms with E-state index in [0.717, 1.165) is 17.7 Å². The molecule has 2 aromatic rings. The molecular weight excluding hydrogens is 271 g/mol. The molecule has 0 unspecified atom stereocenters. The number of rotatable bonds is 5. The number of ether oxygens (including phenoxy) is 1. The molecule has 21 heavy (non-hydrogen) atoms. The number of hydrogen-bond donors (Lipinski definition) is 2. The maximum Gasteiger partial charge on any atom is 0.321 e. The largest absolute Gasteiger partial charge is 0.473 e. The lowest BCUT2D eigenvalue weighted by molar-refractivity contribution is 0.234. The second-order valence-electron chi connectivity index (χ2n) is 4.36. The van der Waals surface area contributed by atoms with Crippen molar-refractivity contribution in [3.63, 3.8) is 0 Å². The van der Waals surface area contributed by atoms with E-state index in [1.807, 2.05) is 31.2 Å². The number of carbonyl (C=O) groups is 1. The third kappa shape index (κ3) is 4.21. The first-order chi connectivity index (χ1) is 10.2. The molecule has 2 aromatic carbocycles. The van der Waals surface area contributed by atoms with Gasteiger partial charge in [-0.1, -0.05) is 37.3 Å². The van der Waals surface area contributed by atoms with Crippen molar-refractivity contribution >= 4 is 11.7 Å². The van der Waals surface area contributed by atoms with Gasteiger partial charge in [0.1, 0.15) is 11.6 Å². The molecule has 0 atom stereocenters. The molecule has 0 saturated carbocycles. The zero-order chi connectivity index (χ0) is 15.1. The van der Waals surface area contributed by atoms with E-state index in [1.54, 1.807) is 12.1 Å². The summed E-state index contributed by atoms with van der Waals surface area (Å²) in [4.78, 5) is 11.6. The Morgan fingerprint density at radius 2 is 1.86 bits per heavy atom. The van der Waals surface area contributed by atoms with E-state index in [1.165, 1.54) is 12.1 Å². The van der Waals surface area contributed by atoms with Crippen molar-refractivity contribution in [2.45, 2.75) is 13.3 Å². The van der Waals surface area contributed by atoms with E-state index in [4.69, 9.17) is 4.74 Å². The van der Waals surface area contributed by atoms with E-state index in [9.17, 15) is 9.18 Å². The van der Waals surface area contributed by atoms with Crippen molar-refractivity contribution < 1.29 is 13.9 Å². The Labute approximate surface area is 122 Å². The highest BCUT2D eigenvalue weighted by Crippen LogP contribution is 2.17. The molecule has 5 heteroatoms. The first-order valence-electron chi connectivity index (χ1n) is 6.70. The summed E-state index contributed by atoms with van der Waals surface area (Å²) in [6.45, 7) is 2.04. The second kappa shape index (κ2) is 7.28. The van der Waals surface area contributed by atoms with Crippen LogP contribution in [-0.4, -0.2) is 12.8 Å². The first-order valence-corrected chi connectivity index (χ1v) is 6.70. The van der Waals surface area contributed by atoms with Gasteiger partial charge < -0.3 is 15.4 Å². The van der Waals surface area contributed by atoms with E-state index in [2.05, 4.69) is 10.6 Å². The Hall–Kier alpha value is -2.56. The zero-order valence-corrected chi connectivity index (χ0v) is 11.7. The Bertz CT molecular complexity index is 617. The molecular formula is C16H17FN2O2. The molecule has 0 saturated heterocycles. The lowest BCUT2D eigenvalue weighted by atomic mass is 10.1. The van der Waals surface area contributed by atoms with Crippen LogP contribution >= 0.6 is 0 Å². The predicted molar refractivity (Wildman–Crippen MR) is 79.9 cm³/mol. The number of anilines is 1. The lowest BCUT2D eigenvalue weighted by Crippen LogP contribution is -2.32. The van der Waals surface area contributed by atoms with Gasteiger partial charge in [0.15, 0.2) is 6.73 Å². The summed E-state index contributed by atoms with van der Waals surface area (Å²) in [6, 6.07) is 13.1. The van der Waals surface area contributed by atoms with Gasteiger partial charge in [-0.3, -0.25) is 0 Å². The van der Waals surface area contributed by atoms with Crippen molar-refractivity contribution in [3.8, 4) is 5.75 Å². The van der Waals surface area contributed by atoms with Crippen LogP contribution in [0.3, 0.4) is 0 Å². The van der Waals surface area contributed by atoms with Crippen LogP contribution in [0, 0.1) is 5.82 Å². The summed E-state index contributed by atoms with van der Waals surface area (Å²) in [6.07, 6.45) is 0.845. The molecule has 2 N–H and O–H groups in total. The number of nitrogens with one attached hydrogen (secondary N) is 2. The van der Waals surface area contributed by atoms with Gasteiger partial charge in [0.2, 0.25) is 0 Å². The van der Waals surface area contributed by atoms with E-state index < -0.39 is 11.8 Å². The number of amides is 2. The number of hydrogen-bond acceptors (Lipinski definition) is 2. The molecule has 0 radical (unpaired) electrons. The minimum atomic E-state index is -0.519. The topological polar surface area (TPSA) is 50.4 Å². The standard InChI is InChI=1S/C16H17FN2O2/c1-2-12-7-3-6-10-15(12)21-11-18-16(20)19-14-9-5-4-8-13(14)17/h3-10H,2,11H2,1H3,(H2,18,19,20). The van der Waals surface area contributed by atoms with E-state index in [0.29, 0.717) is 0 Å². The molecule has 2 amide bonds. The highest BCUT2D eigenvalue weighted by Gasteiger charge is 2.06. The Balaban J connectivity index is 1.83. The average molecular weight is 288 g/mol. The summed E-state index contributed by atoms with van der Waals surface area (Å²) in [5.41, 5.74) is 1.19. The molecule has 0 aromatic heterocycles. The fraction of sp³-hybridized carbons (Fsp3) is 0.188. The minimum Gasteiger partial charge on any atom is -0.473 e. The molecule has 0 aliphatic rings. The van der Waals surface area contributed by atoms with Gasteiger partial charge >= 0.3 is 6.03 Å². The Kier molecular flexibility index (Phi) is 5.15. The molecule has 110 valence electrons. The highest BCUT2D eigenvalue weighted by atomic mass is 19.1. The number of para-hydroxylation sites is 2. The van der Waals surface area contributed by atoms with Crippen LogP contribution in [0.1, 0.15) is 12.5 Å². The predicted octanol–water partition coefficient (Wildman–Crippen LogP) is 3.55. The quantitative estimate of drug-likeness (QED) is 0.827. The normalized spacial score (nSPS) is 10.0. The summed E-state index contributed by atoms with van der Waals surface area (Å²) < 4.78 is 18.9. The summed E-state index contributed by atoms with van der Waals surface area (Å²) in [5, 5.41) is 4.94. The molecule has 0 heterocycles. The van der Waals surface area contributed by atoms with Crippen LogP contribution in [0.25, 0.3) is 0 Å².